The number of rotatable bonds is 7. The van der Waals surface area contributed by atoms with Crippen LogP contribution in [-0.4, -0.2) is 46.4 Å². The van der Waals surface area contributed by atoms with Crippen molar-refractivity contribution in [1.29, 1.82) is 0 Å². The van der Waals surface area contributed by atoms with Crippen molar-refractivity contribution in [2.45, 2.75) is 19.3 Å². The Morgan fingerprint density at radius 1 is 1.28 bits per heavy atom. The van der Waals surface area contributed by atoms with Crippen LogP contribution in [0.4, 0.5) is 4.79 Å². The third kappa shape index (κ3) is 6.77. The summed E-state index contributed by atoms with van der Waals surface area (Å²) < 4.78 is 25.7. The summed E-state index contributed by atoms with van der Waals surface area (Å²) in [4.78, 5) is 10.4. The van der Waals surface area contributed by atoms with Crippen molar-refractivity contribution in [2.75, 3.05) is 31.9 Å². The molecule has 106 valence electrons. The highest BCUT2D eigenvalue weighted by atomic mass is 32.2. The van der Waals surface area contributed by atoms with Crippen molar-refractivity contribution < 1.29 is 13.2 Å². The number of primary amides is 1. The zero-order valence-electron chi connectivity index (χ0n) is 10.4. The van der Waals surface area contributed by atoms with Gasteiger partial charge in [-0.2, -0.15) is 0 Å². The fraction of sp³-hybridized carbons (Fsp3) is 0.900. The Morgan fingerprint density at radius 3 is 2.56 bits per heavy atom. The maximum atomic E-state index is 11.6. The van der Waals surface area contributed by atoms with Gasteiger partial charge in [0.15, 0.2) is 0 Å². The highest BCUT2D eigenvalue weighted by Crippen LogP contribution is 2.16. The van der Waals surface area contributed by atoms with Crippen LogP contribution in [0.3, 0.4) is 0 Å². The molecule has 0 spiro atoms. The van der Waals surface area contributed by atoms with Gasteiger partial charge in [-0.1, -0.05) is 0 Å². The molecule has 18 heavy (non-hydrogen) atoms. The number of amides is 2. The molecule has 8 heteroatoms. The number of piperidine rings is 1. The third-order valence-corrected chi connectivity index (χ3v) is 4.42. The monoisotopic (exact) mass is 278 g/mol. The van der Waals surface area contributed by atoms with Gasteiger partial charge in [-0.3, -0.25) is 0 Å². The summed E-state index contributed by atoms with van der Waals surface area (Å²) in [6.07, 6.45) is 2.78. The van der Waals surface area contributed by atoms with Gasteiger partial charge in [0.25, 0.3) is 0 Å². The van der Waals surface area contributed by atoms with Crippen LogP contribution in [-0.2, 0) is 10.0 Å². The van der Waals surface area contributed by atoms with Gasteiger partial charge in [-0.25, -0.2) is 17.9 Å². The van der Waals surface area contributed by atoms with E-state index in [0.717, 1.165) is 25.9 Å². The maximum Gasteiger partial charge on any atom is 0.312 e. The molecule has 5 N–H and O–H groups in total. The first-order valence-corrected chi connectivity index (χ1v) is 7.86. The molecular formula is C10H22N4O3S. The minimum Gasteiger partial charge on any atom is -0.352 e. The Morgan fingerprint density at radius 2 is 1.94 bits per heavy atom. The van der Waals surface area contributed by atoms with E-state index in [1.165, 1.54) is 0 Å². The summed E-state index contributed by atoms with van der Waals surface area (Å²) in [5.74, 6) is 0.639. The predicted molar refractivity (Wildman–Crippen MR) is 69.6 cm³/mol. The Kier molecular flexibility index (Phi) is 6.37. The van der Waals surface area contributed by atoms with Crippen molar-refractivity contribution in [1.82, 2.24) is 15.4 Å². The van der Waals surface area contributed by atoms with Gasteiger partial charge in [0.05, 0.1) is 5.75 Å². The Balaban J connectivity index is 2.16. The number of nitrogens with two attached hydrogens (primary N) is 1. The quantitative estimate of drug-likeness (QED) is 0.446. The van der Waals surface area contributed by atoms with Crippen molar-refractivity contribution >= 4 is 16.1 Å². The fourth-order valence-corrected chi connectivity index (χ4v) is 3.16. The van der Waals surface area contributed by atoms with Crippen LogP contribution in [0, 0.1) is 5.92 Å². The molecule has 1 aliphatic rings. The topological polar surface area (TPSA) is 113 Å². The van der Waals surface area contributed by atoms with Crippen LogP contribution in [0.5, 0.6) is 0 Å². The molecule has 0 bridgehead atoms. The standard InChI is InChI=1S/C10H22N4O3S/c11-10(15)13-6-7-14-18(16,17)8-3-9-1-4-12-5-2-9/h9,12,14H,1-8H2,(H3,11,13,15). The highest BCUT2D eigenvalue weighted by Gasteiger charge is 2.17. The lowest BCUT2D eigenvalue weighted by molar-refractivity contribution is 0.249. The zero-order chi connectivity index (χ0) is 13.4. The second-order valence-corrected chi connectivity index (χ2v) is 6.41. The van der Waals surface area contributed by atoms with E-state index in [-0.39, 0.29) is 18.8 Å². The van der Waals surface area contributed by atoms with E-state index in [2.05, 4.69) is 15.4 Å². The van der Waals surface area contributed by atoms with Crippen LogP contribution < -0.4 is 21.1 Å². The number of urea groups is 1. The normalized spacial score (nSPS) is 17.6. The molecule has 1 saturated heterocycles. The van der Waals surface area contributed by atoms with Gasteiger partial charge in [-0.05, 0) is 38.3 Å². The summed E-state index contributed by atoms with van der Waals surface area (Å²) in [6.45, 7) is 2.33. The van der Waals surface area contributed by atoms with Crippen LogP contribution in [0.25, 0.3) is 0 Å². The van der Waals surface area contributed by atoms with E-state index in [9.17, 15) is 13.2 Å². The Labute approximate surface area is 108 Å². The lowest BCUT2D eigenvalue weighted by Crippen LogP contribution is -2.38. The van der Waals surface area contributed by atoms with Crippen LogP contribution in [0.2, 0.25) is 0 Å². The molecule has 1 rings (SSSR count). The summed E-state index contributed by atoms with van der Waals surface area (Å²) in [5, 5.41) is 5.57. The van der Waals surface area contributed by atoms with E-state index in [4.69, 9.17) is 5.73 Å². The Bertz CT molecular complexity index is 352. The molecular weight excluding hydrogens is 256 g/mol. The highest BCUT2D eigenvalue weighted by molar-refractivity contribution is 7.89. The minimum atomic E-state index is -3.24. The van der Waals surface area contributed by atoms with E-state index in [1.807, 2.05) is 0 Å². The first kappa shape index (κ1) is 15.2. The molecule has 1 heterocycles. The number of hydrogen-bond acceptors (Lipinski definition) is 4. The van der Waals surface area contributed by atoms with E-state index in [0.29, 0.717) is 12.3 Å². The van der Waals surface area contributed by atoms with Crippen molar-refractivity contribution in [3.63, 3.8) is 0 Å². The first-order chi connectivity index (χ1) is 8.49. The SMILES string of the molecule is NC(=O)NCCNS(=O)(=O)CCC1CCNCC1. The van der Waals surface area contributed by atoms with Gasteiger partial charge in [0.2, 0.25) is 10.0 Å². The average Bonchev–Trinajstić information content (AvgIpc) is 2.34. The molecule has 0 aromatic rings. The van der Waals surface area contributed by atoms with Gasteiger partial charge in [-0.15, -0.1) is 0 Å². The summed E-state index contributed by atoms with van der Waals surface area (Å²) in [7, 11) is -3.24. The van der Waals surface area contributed by atoms with Crippen LogP contribution >= 0.6 is 0 Å². The molecule has 0 unspecified atom stereocenters. The third-order valence-electron chi connectivity index (χ3n) is 3.00. The first-order valence-electron chi connectivity index (χ1n) is 6.21. The lowest BCUT2D eigenvalue weighted by atomic mass is 9.96. The molecule has 1 aliphatic heterocycles. The zero-order valence-corrected chi connectivity index (χ0v) is 11.3. The van der Waals surface area contributed by atoms with Crippen LogP contribution in [0.1, 0.15) is 19.3 Å². The summed E-state index contributed by atoms with van der Waals surface area (Å²) in [5.41, 5.74) is 4.87. The van der Waals surface area contributed by atoms with Gasteiger partial charge in [0.1, 0.15) is 0 Å². The van der Waals surface area contributed by atoms with E-state index >= 15 is 0 Å². The maximum absolute atomic E-state index is 11.6. The van der Waals surface area contributed by atoms with Gasteiger partial charge < -0.3 is 16.4 Å². The van der Waals surface area contributed by atoms with Crippen molar-refractivity contribution in [3.05, 3.63) is 0 Å². The predicted octanol–water partition coefficient (Wildman–Crippen LogP) is -1.04. The van der Waals surface area contributed by atoms with Crippen molar-refractivity contribution in [2.24, 2.45) is 11.7 Å². The molecule has 7 nitrogen and oxygen atoms in total. The average molecular weight is 278 g/mol. The van der Waals surface area contributed by atoms with E-state index < -0.39 is 16.1 Å². The number of nitrogens with one attached hydrogen (secondary N) is 3. The Hall–Kier alpha value is -0.860. The van der Waals surface area contributed by atoms with Crippen molar-refractivity contribution in [3.8, 4) is 0 Å². The smallest absolute Gasteiger partial charge is 0.312 e. The van der Waals surface area contributed by atoms with Gasteiger partial charge >= 0.3 is 6.03 Å². The molecule has 1 fully saturated rings. The van der Waals surface area contributed by atoms with E-state index in [1.54, 1.807) is 0 Å². The summed E-state index contributed by atoms with van der Waals surface area (Å²) in [6, 6.07) is -0.649. The molecule has 0 aromatic heterocycles. The molecule has 0 atom stereocenters. The fourth-order valence-electron chi connectivity index (χ4n) is 1.96. The molecule has 0 radical (unpaired) electrons. The minimum absolute atomic E-state index is 0.147. The van der Waals surface area contributed by atoms with Gasteiger partial charge in [0, 0.05) is 13.1 Å². The largest absolute Gasteiger partial charge is 0.352 e. The van der Waals surface area contributed by atoms with Crippen LogP contribution in [0.15, 0.2) is 0 Å². The molecule has 0 aromatic carbocycles. The number of hydrogen-bond donors (Lipinski definition) is 4. The summed E-state index contributed by atoms with van der Waals surface area (Å²) >= 11 is 0. The molecule has 0 saturated carbocycles. The second kappa shape index (κ2) is 7.55. The lowest BCUT2D eigenvalue weighted by Gasteiger charge is -2.22. The number of carbonyl (C=O) groups is 1. The molecule has 2 amide bonds. The number of carbonyl (C=O) groups excluding carboxylic acids is 1. The second-order valence-electron chi connectivity index (χ2n) is 4.49. The molecule has 0 aliphatic carbocycles. The number of sulfonamides is 1.